The predicted molar refractivity (Wildman–Crippen MR) is 84.6 cm³/mol. The van der Waals surface area contributed by atoms with E-state index in [0.717, 1.165) is 10.9 Å². The maximum absolute atomic E-state index is 12.2. The number of urea groups is 1. The smallest absolute Gasteiger partial charge is 0.405 e. The fraction of sp³-hybridized carbons (Fsp3) is 0.267. The summed E-state index contributed by atoms with van der Waals surface area (Å²) in [4.78, 5) is 50.3. The van der Waals surface area contributed by atoms with Crippen molar-refractivity contribution in [2.45, 2.75) is 12.7 Å². The number of carbonyl (C=O) groups is 3. The molecule has 0 atom stereocenters. The van der Waals surface area contributed by atoms with Gasteiger partial charge in [0.05, 0.1) is 17.2 Å². The van der Waals surface area contributed by atoms with Crippen LogP contribution < -0.4 is 16.2 Å². The molecule has 0 spiro atoms. The second-order valence-corrected chi connectivity index (χ2v) is 5.20. The van der Waals surface area contributed by atoms with Gasteiger partial charge in [0.25, 0.3) is 11.5 Å². The molecule has 1 heterocycles. The molecular weight excluding hydrogens is 373 g/mol. The van der Waals surface area contributed by atoms with Crippen molar-refractivity contribution in [1.29, 1.82) is 0 Å². The summed E-state index contributed by atoms with van der Waals surface area (Å²) in [5, 5.41) is 3.26. The number of hydrogen-bond acceptors (Lipinski definition) is 6. The number of nitrogens with zero attached hydrogens (tertiary/aromatic N) is 2. The van der Waals surface area contributed by atoms with Crippen LogP contribution in [0.1, 0.15) is 0 Å². The monoisotopic (exact) mass is 386 g/mol. The van der Waals surface area contributed by atoms with Gasteiger partial charge < -0.3 is 10.1 Å². The molecule has 2 rings (SSSR count). The Morgan fingerprint density at radius 3 is 2.59 bits per heavy atom. The number of aromatic nitrogens is 2. The molecule has 0 fully saturated rings. The number of rotatable bonds is 5. The number of imide groups is 1. The number of hydrogen-bond donors (Lipinski definition) is 2. The summed E-state index contributed by atoms with van der Waals surface area (Å²) in [7, 11) is 0. The Balaban J connectivity index is 1.84. The van der Waals surface area contributed by atoms with E-state index in [2.05, 4.69) is 9.72 Å². The fourth-order valence-electron chi connectivity index (χ4n) is 1.94. The third-order valence-corrected chi connectivity index (χ3v) is 3.10. The Bertz CT molecular complexity index is 926. The Hall–Kier alpha value is -3.44. The standard InChI is InChI=1S/C15H13F3N4O5/c16-15(17,18)7-19-14(26)21-11(23)6-27-12(24)5-22-8-20-10-4-2-1-3-9(10)13(22)25/h1-4,8H,5-7H2,(H2,19,21,23,26). The van der Waals surface area contributed by atoms with Crippen molar-refractivity contribution in [2.75, 3.05) is 13.2 Å². The third kappa shape index (κ3) is 6.09. The van der Waals surface area contributed by atoms with Crippen LogP contribution in [-0.2, 0) is 20.9 Å². The van der Waals surface area contributed by atoms with Crippen molar-refractivity contribution in [3.63, 3.8) is 0 Å². The third-order valence-electron chi connectivity index (χ3n) is 3.10. The maximum Gasteiger partial charge on any atom is 0.405 e. The molecule has 0 saturated carbocycles. The summed E-state index contributed by atoms with van der Waals surface area (Å²) in [6.07, 6.45) is -3.50. The highest BCUT2D eigenvalue weighted by atomic mass is 19.4. The normalized spacial score (nSPS) is 11.1. The number of fused-ring (bicyclic) bond motifs is 1. The van der Waals surface area contributed by atoms with Crippen LogP contribution >= 0.6 is 0 Å². The molecule has 0 radical (unpaired) electrons. The molecule has 2 N–H and O–H groups in total. The van der Waals surface area contributed by atoms with Crippen LogP contribution in [0.2, 0.25) is 0 Å². The van der Waals surface area contributed by atoms with Crippen molar-refractivity contribution >= 4 is 28.8 Å². The van der Waals surface area contributed by atoms with Gasteiger partial charge in [-0.3, -0.25) is 24.3 Å². The quantitative estimate of drug-likeness (QED) is 0.715. The minimum atomic E-state index is -4.63. The summed E-state index contributed by atoms with van der Waals surface area (Å²) in [5.41, 5.74) is -0.0510. The molecule has 0 bridgehead atoms. The summed E-state index contributed by atoms with van der Waals surface area (Å²) < 4.78 is 41.3. The molecule has 144 valence electrons. The van der Waals surface area contributed by atoms with E-state index < -0.39 is 49.3 Å². The molecule has 0 aliphatic heterocycles. The molecule has 3 amide bonds. The van der Waals surface area contributed by atoms with Crippen LogP contribution in [0.25, 0.3) is 10.9 Å². The Morgan fingerprint density at radius 2 is 1.89 bits per heavy atom. The van der Waals surface area contributed by atoms with Crippen LogP contribution in [0, 0.1) is 0 Å². The number of para-hydroxylation sites is 1. The summed E-state index contributed by atoms with van der Waals surface area (Å²) >= 11 is 0. The summed E-state index contributed by atoms with van der Waals surface area (Å²) in [5.74, 6) is -2.10. The Kier molecular flexibility index (Phi) is 6.11. The van der Waals surface area contributed by atoms with Crippen LogP contribution in [0.3, 0.4) is 0 Å². The predicted octanol–water partition coefficient (Wildman–Crippen LogP) is 0.328. The first kappa shape index (κ1) is 19.9. The largest absolute Gasteiger partial charge is 0.454 e. The average Bonchev–Trinajstić information content (AvgIpc) is 2.60. The van der Waals surface area contributed by atoms with Gasteiger partial charge in [0.2, 0.25) is 0 Å². The number of nitrogens with one attached hydrogen (secondary N) is 2. The minimum absolute atomic E-state index is 0.284. The van der Waals surface area contributed by atoms with Gasteiger partial charge >= 0.3 is 18.2 Å². The number of esters is 1. The van der Waals surface area contributed by atoms with Gasteiger partial charge in [0, 0.05) is 0 Å². The average molecular weight is 386 g/mol. The van der Waals surface area contributed by atoms with E-state index in [1.54, 1.807) is 23.5 Å². The zero-order valence-corrected chi connectivity index (χ0v) is 13.6. The first-order valence-electron chi connectivity index (χ1n) is 7.40. The lowest BCUT2D eigenvalue weighted by atomic mass is 10.2. The Labute approximate surface area is 149 Å². The van der Waals surface area contributed by atoms with Gasteiger partial charge in [-0.1, -0.05) is 12.1 Å². The molecule has 1 aromatic heterocycles. The summed E-state index contributed by atoms with van der Waals surface area (Å²) in [6.45, 7) is -3.07. The van der Waals surface area contributed by atoms with Gasteiger partial charge in [-0.25, -0.2) is 9.78 Å². The van der Waals surface area contributed by atoms with Crippen molar-refractivity contribution < 1.29 is 32.3 Å². The first-order valence-corrected chi connectivity index (χ1v) is 7.40. The second-order valence-electron chi connectivity index (χ2n) is 5.20. The number of carbonyl (C=O) groups excluding carboxylic acids is 3. The topological polar surface area (TPSA) is 119 Å². The maximum atomic E-state index is 12.2. The summed E-state index contributed by atoms with van der Waals surface area (Å²) in [6, 6.07) is 5.08. The molecule has 0 aliphatic carbocycles. The molecule has 2 aromatic rings. The van der Waals surface area contributed by atoms with Gasteiger partial charge in [-0.15, -0.1) is 0 Å². The fourth-order valence-corrected chi connectivity index (χ4v) is 1.94. The lowest BCUT2D eigenvalue weighted by Gasteiger charge is -2.10. The Morgan fingerprint density at radius 1 is 1.19 bits per heavy atom. The zero-order chi connectivity index (χ0) is 20.0. The van der Waals surface area contributed by atoms with Crippen molar-refractivity contribution in [3.8, 4) is 0 Å². The lowest BCUT2D eigenvalue weighted by Crippen LogP contribution is -2.44. The van der Waals surface area contributed by atoms with E-state index >= 15 is 0 Å². The van der Waals surface area contributed by atoms with Crippen LogP contribution in [-0.4, -0.2) is 46.8 Å². The van der Waals surface area contributed by atoms with E-state index in [4.69, 9.17) is 0 Å². The van der Waals surface area contributed by atoms with E-state index in [0.29, 0.717) is 5.52 Å². The highest BCUT2D eigenvalue weighted by Gasteiger charge is 2.28. The highest BCUT2D eigenvalue weighted by Crippen LogP contribution is 2.11. The lowest BCUT2D eigenvalue weighted by molar-refractivity contribution is -0.148. The van der Waals surface area contributed by atoms with Crippen molar-refractivity contribution in [1.82, 2.24) is 20.2 Å². The van der Waals surface area contributed by atoms with Crippen LogP contribution in [0.15, 0.2) is 35.4 Å². The SMILES string of the molecule is O=C(COC(=O)Cn1cnc2ccccc2c1=O)NC(=O)NCC(F)(F)F. The van der Waals surface area contributed by atoms with Gasteiger partial charge in [0.15, 0.2) is 6.61 Å². The van der Waals surface area contributed by atoms with Crippen LogP contribution in [0.5, 0.6) is 0 Å². The number of halogens is 3. The molecule has 0 unspecified atom stereocenters. The molecule has 0 saturated heterocycles. The van der Waals surface area contributed by atoms with Crippen molar-refractivity contribution in [3.05, 3.63) is 40.9 Å². The van der Waals surface area contributed by atoms with Gasteiger partial charge in [-0.2, -0.15) is 13.2 Å². The van der Waals surface area contributed by atoms with Crippen LogP contribution in [0.4, 0.5) is 18.0 Å². The number of benzene rings is 1. The number of amides is 3. The molecular formula is C15H13F3N4O5. The number of alkyl halides is 3. The van der Waals surface area contributed by atoms with Gasteiger partial charge in [0.1, 0.15) is 13.1 Å². The molecule has 27 heavy (non-hydrogen) atoms. The van der Waals surface area contributed by atoms with E-state index in [1.807, 2.05) is 0 Å². The molecule has 9 nitrogen and oxygen atoms in total. The van der Waals surface area contributed by atoms with Crippen molar-refractivity contribution in [2.24, 2.45) is 0 Å². The molecule has 0 aliphatic rings. The molecule has 12 heteroatoms. The minimum Gasteiger partial charge on any atom is -0.454 e. The second kappa shape index (κ2) is 8.29. The zero-order valence-electron chi connectivity index (χ0n) is 13.6. The molecule has 1 aromatic carbocycles. The van der Waals surface area contributed by atoms with E-state index in [9.17, 15) is 32.3 Å². The van der Waals surface area contributed by atoms with E-state index in [1.165, 1.54) is 11.4 Å². The highest BCUT2D eigenvalue weighted by molar-refractivity contribution is 5.95. The number of ether oxygens (including phenoxy) is 1. The van der Waals surface area contributed by atoms with Gasteiger partial charge in [-0.05, 0) is 12.1 Å². The first-order chi connectivity index (χ1) is 12.7. The van der Waals surface area contributed by atoms with E-state index in [-0.39, 0.29) is 5.39 Å².